The molecular weight excluding hydrogens is 282 g/mol. The lowest BCUT2D eigenvalue weighted by Gasteiger charge is -2.31. The van der Waals surface area contributed by atoms with Gasteiger partial charge in [-0.15, -0.1) is 0 Å². The van der Waals surface area contributed by atoms with Gasteiger partial charge >= 0.3 is 0 Å². The number of anilines is 1. The van der Waals surface area contributed by atoms with Crippen LogP contribution in [0.3, 0.4) is 0 Å². The standard InChI is InChI=1S/C13H14BrNO2/c1-9(16)10-5-4-8-15(13(10)17)12-7-3-2-6-11(12)14/h2-3,6-7,10H,4-5,8H2,1H3/t10-/m1/s1. The minimum Gasteiger partial charge on any atom is -0.311 e. The van der Waals surface area contributed by atoms with Crippen molar-refractivity contribution in [1.82, 2.24) is 0 Å². The first-order chi connectivity index (χ1) is 8.11. The number of ketones is 1. The van der Waals surface area contributed by atoms with Crippen LogP contribution in [0.4, 0.5) is 5.69 Å². The molecule has 3 nitrogen and oxygen atoms in total. The highest BCUT2D eigenvalue weighted by molar-refractivity contribution is 9.10. The van der Waals surface area contributed by atoms with Gasteiger partial charge in [-0.2, -0.15) is 0 Å². The molecule has 0 aliphatic carbocycles. The normalized spacial score (nSPS) is 20.5. The summed E-state index contributed by atoms with van der Waals surface area (Å²) in [5.41, 5.74) is 0.850. The average Bonchev–Trinajstić information content (AvgIpc) is 2.30. The molecule has 0 unspecified atom stereocenters. The van der Waals surface area contributed by atoms with Crippen LogP contribution < -0.4 is 4.90 Å². The fraction of sp³-hybridized carbons (Fsp3) is 0.385. The Morgan fingerprint density at radius 1 is 1.41 bits per heavy atom. The molecule has 1 aromatic carbocycles. The van der Waals surface area contributed by atoms with Crippen molar-refractivity contribution in [3.63, 3.8) is 0 Å². The first-order valence-electron chi connectivity index (χ1n) is 5.67. The number of carbonyl (C=O) groups is 2. The number of carbonyl (C=O) groups excluding carboxylic acids is 2. The third kappa shape index (κ3) is 2.41. The molecule has 1 atom stereocenters. The monoisotopic (exact) mass is 295 g/mol. The molecular formula is C13H14BrNO2. The smallest absolute Gasteiger partial charge is 0.237 e. The van der Waals surface area contributed by atoms with E-state index >= 15 is 0 Å². The van der Waals surface area contributed by atoms with E-state index in [2.05, 4.69) is 15.9 Å². The third-order valence-electron chi connectivity index (χ3n) is 3.07. The zero-order chi connectivity index (χ0) is 12.4. The fourth-order valence-corrected chi connectivity index (χ4v) is 2.66. The predicted molar refractivity (Wildman–Crippen MR) is 69.9 cm³/mol. The highest BCUT2D eigenvalue weighted by Crippen LogP contribution is 2.30. The number of piperidine rings is 1. The van der Waals surface area contributed by atoms with Gasteiger partial charge in [0, 0.05) is 11.0 Å². The molecule has 17 heavy (non-hydrogen) atoms. The van der Waals surface area contributed by atoms with Gasteiger partial charge in [0.25, 0.3) is 0 Å². The molecule has 0 bridgehead atoms. The predicted octanol–water partition coefficient (Wildman–Crippen LogP) is 2.78. The van der Waals surface area contributed by atoms with Crippen molar-refractivity contribution < 1.29 is 9.59 Å². The summed E-state index contributed by atoms with van der Waals surface area (Å²) in [6.07, 6.45) is 1.55. The number of benzene rings is 1. The summed E-state index contributed by atoms with van der Waals surface area (Å²) in [6.45, 7) is 2.18. The van der Waals surface area contributed by atoms with Gasteiger partial charge in [-0.1, -0.05) is 12.1 Å². The molecule has 0 spiro atoms. The van der Waals surface area contributed by atoms with E-state index < -0.39 is 5.92 Å². The molecule has 1 saturated heterocycles. The lowest BCUT2D eigenvalue weighted by atomic mass is 9.93. The van der Waals surface area contributed by atoms with Crippen LogP contribution in [0.5, 0.6) is 0 Å². The van der Waals surface area contributed by atoms with Crippen LogP contribution in [0.15, 0.2) is 28.7 Å². The summed E-state index contributed by atoms with van der Waals surface area (Å²) >= 11 is 3.44. The topological polar surface area (TPSA) is 37.4 Å². The van der Waals surface area contributed by atoms with E-state index in [0.29, 0.717) is 13.0 Å². The maximum absolute atomic E-state index is 12.2. The van der Waals surface area contributed by atoms with Crippen molar-refractivity contribution in [2.75, 3.05) is 11.4 Å². The molecule has 0 radical (unpaired) electrons. The van der Waals surface area contributed by atoms with Gasteiger partial charge < -0.3 is 4.90 Å². The molecule has 4 heteroatoms. The molecule has 0 saturated carbocycles. The maximum Gasteiger partial charge on any atom is 0.237 e. The van der Waals surface area contributed by atoms with E-state index in [4.69, 9.17) is 0 Å². The number of amides is 1. The molecule has 1 fully saturated rings. The number of Topliss-reactive ketones (excluding diaryl/α,β-unsaturated/α-hetero) is 1. The molecule has 0 aromatic heterocycles. The Morgan fingerprint density at radius 3 is 2.76 bits per heavy atom. The average molecular weight is 296 g/mol. The maximum atomic E-state index is 12.2. The lowest BCUT2D eigenvalue weighted by Crippen LogP contribution is -2.43. The second-order valence-corrected chi connectivity index (χ2v) is 5.10. The Kier molecular flexibility index (Phi) is 3.62. The largest absolute Gasteiger partial charge is 0.311 e. The highest BCUT2D eigenvalue weighted by Gasteiger charge is 2.33. The molecule has 1 aliphatic heterocycles. The van der Waals surface area contributed by atoms with E-state index in [1.807, 2.05) is 24.3 Å². The summed E-state index contributed by atoms with van der Waals surface area (Å²) < 4.78 is 0.887. The van der Waals surface area contributed by atoms with E-state index in [1.54, 1.807) is 4.90 Å². The number of hydrogen-bond acceptors (Lipinski definition) is 2. The van der Waals surface area contributed by atoms with Gasteiger partial charge in [0.1, 0.15) is 5.78 Å². The van der Waals surface area contributed by atoms with Gasteiger partial charge in [-0.3, -0.25) is 9.59 Å². The summed E-state index contributed by atoms with van der Waals surface area (Å²) in [5, 5.41) is 0. The van der Waals surface area contributed by atoms with Crippen LogP contribution in [-0.2, 0) is 9.59 Å². The molecule has 1 heterocycles. The molecule has 1 aromatic rings. The van der Waals surface area contributed by atoms with E-state index in [9.17, 15) is 9.59 Å². The van der Waals surface area contributed by atoms with Crippen molar-refractivity contribution in [3.05, 3.63) is 28.7 Å². The minimum atomic E-state index is -0.462. The van der Waals surface area contributed by atoms with E-state index in [-0.39, 0.29) is 11.7 Å². The van der Waals surface area contributed by atoms with Crippen LogP contribution in [0.25, 0.3) is 0 Å². The lowest BCUT2D eigenvalue weighted by molar-refractivity contribution is -0.132. The number of para-hydroxylation sites is 1. The Bertz CT molecular complexity index is 458. The van der Waals surface area contributed by atoms with Crippen LogP contribution in [0.2, 0.25) is 0 Å². The first-order valence-corrected chi connectivity index (χ1v) is 6.47. The fourth-order valence-electron chi connectivity index (χ4n) is 2.16. The minimum absolute atomic E-state index is 0.0354. The highest BCUT2D eigenvalue weighted by atomic mass is 79.9. The van der Waals surface area contributed by atoms with Crippen molar-refractivity contribution in [2.24, 2.45) is 5.92 Å². The van der Waals surface area contributed by atoms with Gasteiger partial charge in [0.2, 0.25) is 5.91 Å². The summed E-state index contributed by atoms with van der Waals surface area (Å²) in [6, 6.07) is 7.60. The first kappa shape index (κ1) is 12.3. The Labute approximate surface area is 109 Å². The van der Waals surface area contributed by atoms with Gasteiger partial charge in [0.15, 0.2) is 0 Å². The van der Waals surface area contributed by atoms with Crippen molar-refractivity contribution in [1.29, 1.82) is 0 Å². The SMILES string of the molecule is CC(=O)[C@H]1CCCN(c2ccccc2Br)C1=O. The Balaban J connectivity index is 2.30. The second kappa shape index (κ2) is 5.00. The summed E-state index contributed by atoms with van der Waals surface area (Å²) in [4.78, 5) is 25.3. The van der Waals surface area contributed by atoms with Crippen LogP contribution in [0, 0.1) is 5.92 Å². The summed E-state index contributed by atoms with van der Waals surface area (Å²) in [5.74, 6) is -0.571. The number of hydrogen-bond donors (Lipinski definition) is 0. The number of rotatable bonds is 2. The molecule has 0 N–H and O–H groups in total. The van der Waals surface area contributed by atoms with Crippen LogP contribution in [-0.4, -0.2) is 18.2 Å². The van der Waals surface area contributed by atoms with Crippen molar-refractivity contribution in [2.45, 2.75) is 19.8 Å². The third-order valence-corrected chi connectivity index (χ3v) is 3.74. The Hall–Kier alpha value is -1.16. The van der Waals surface area contributed by atoms with Crippen LogP contribution in [0.1, 0.15) is 19.8 Å². The molecule has 1 aliphatic rings. The summed E-state index contributed by atoms with van der Waals surface area (Å²) in [7, 11) is 0. The van der Waals surface area contributed by atoms with Crippen molar-refractivity contribution >= 4 is 33.3 Å². The molecule has 2 rings (SSSR count). The molecule has 90 valence electrons. The van der Waals surface area contributed by atoms with Gasteiger partial charge in [-0.25, -0.2) is 0 Å². The van der Waals surface area contributed by atoms with E-state index in [1.165, 1.54) is 6.92 Å². The second-order valence-electron chi connectivity index (χ2n) is 4.25. The van der Waals surface area contributed by atoms with Crippen LogP contribution >= 0.6 is 15.9 Å². The van der Waals surface area contributed by atoms with Gasteiger partial charge in [0.05, 0.1) is 11.6 Å². The quantitative estimate of drug-likeness (QED) is 0.787. The van der Waals surface area contributed by atoms with E-state index in [0.717, 1.165) is 16.6 Å². The van der Waals surface area contributed by atoms with Crippen molar-refractivity contribution in [3.8, 4) is 0 Å². The zero-order valence-corrected chi connectivity index (χ0v) is 11.2. The number of halogens is 1. The Morgan fingerprint density at radius 2 is 2.12 bits per heavy atom. The molecule has 1 amide bonds. The van der Waals surface area contributed by atoms with Gasteiger partial charge in [-0.05, 0) is 47.8 Å². The number of nitrogens with zero attached hydrogens (tertiary/aromatic N) is 1. The zero-order valence-electron chi connectivity index (χ0n) is 9.65.